The smallest absolute Gasteiger partial charge is 0.237 e. The van der Waals surface area contributed by atoms with Crippen molar-refractivity contribution in [2.24, 2.45) is 5.41 Å². The molecule has 0 atom stereocenters. The lowest BCUT2D eigenvalue weighted by atomic mass is 9.77. The number of aliphatic hydroxyl groups excluding tert-OH is 1. The van der Waals surface area contributed by atoms with Crippen molar-refractivity contribution in [2.45, 2.75) is 58.5 Å². The van der Waals surface area contributed by atoms with Gasteiger partial charge >= 0.3 is 0 Å². The number of carbonyl (C=O) groups is 1. The normalized spacial score (nSPS) is 20.4. The van der Waals surface area contributed by atoms with Crippen molar-refractivity contribution in [3.63, 3.8) is 0 Å². The summed E-state index contributed by atoms with van der Waals surface area (Å²) in [5, 5.41) is 9.67. The van der Waals surface area contributed by atoms with E-state index in [0.29, 0.717) is 12.6 Å². The zero-order chi connectivity index (χ0) is 17.9. The summed E-state index contributed by atoms with van der Waals surface area (Å²) in [6.45, 7) is 7.61. The molecule has 1 amide bonds. The molecule has 1 saturated heterocycles. The highest BCUT2D eigenvalue weighted by atomic mass is 16.3. The van der Waals surface area contributed by atoms with E-state index in [1.165, 1.54) is 11.1 Å². The maximum Gasteiger partial charge on any atom is 0.237 e. The minimum Gasteiger partial charge on any atom is -0.396 e. The van der Waals surface area contributed by atoms with Crippen LogP contribution in [-0.4, -0.2) is 53.1 Å². The molecule has 0 unspecified atom stereocenters. The van der Waals surface area contributed by atoms with E-state index >= 15 is 0 Å². The maximum atomic E-state index is 12.9. The lowest BCUT2D eigenvalue weighted by Gasteiger charge is -2.40. The average Bonchev–Trinajstić information content (AvgIpc) is 3.47. The Morgan fingerprint density at radius 1 is 1.24 bits per heavy atom. The number of hydrogen-bond acceptors (Lipinski definition) is 3. The van der Waals surface area contributed by atoms with Crippen LogP contribution in [0, 0.1) is 12.3 Å². The molecule has 4 heteroatoms. The minimum atomic E-state index is 0.0810. The summed E-state index contributed by atoms with van der Waals surface area (Å²) in [5.74, 6) is 0.260. The highest BCUT2D eigenvalue weighted by molar-refractivity contribution is 5.79. The molecule has 0 spiro atoms. The standard InChI is InChI=1S/C21H32N2O2/c1-3-21(16-24)10-12-22(13-11-21)15-20(25)23(19-8-9-19)14-18-6-4-17(2)5-7-18/h4-7,19,24H,3,8-16H2,1-2H3. The summed E-state index contributed by atoms with van der Waals surface area (Å²) in [6.07, 6.45) is 5.29. The number of hydrogen-bond donors (Lipinski definition) is 1. The average molecular weight is 344 g/mol. The van der Waals surface area contributed by atoms with Gasteiger partial charge in [-0.1, -0.05) is 36.8 Å². The summed E-state index contributed by atoms with van der Waals surface area (Å²) < 4.78 is 0. The molecule has 138 valence electrons. The van der Waals surface area contributed by atoms with E-state index in [2.05, 4.69) is 47.9 Å². The highest BCUT2D eigenvalue weighted by Gasteiger charge is 2.36. The first-order chi connectivity index (χ1) is 12.0. The molecule has 1 aromatic carbocycles. The van der Waals surface area contributed by atoms with Crippen LogP contribution in [0.2, 0.25) is 0 Å². The van der Waals surface area contributed by atoms with E-state index in [0.717, 1.165) is 51.7 Å². The number of nitrogens with zero attached hydrogens (tertiary/aromatic N) is 2. The number of aliphatic hydroxyl groups is 1. The number of carbonyl (C=O) groups excluding carboxylic acids is 1. The number of benzene rings is 1. The lowest BCUT2D eigenvalue weighted by Crippen LogP contribution is -2.47. The van der Waals surface area contributed by atoms with E-state index < -0.39 is 0 Å². The molecule has 1 N–H and O–H groups in total. The fourth-order valence-electron chi connectivity index (χ4n) is 3.79. The van der Waals surface area contributed by atoms with Gasteiger partial charge in [0.1, 0.15) is 0 Å². The monoisotopic (exact) mass is 344 g/mol. The van der Waals surface area contributed by atoms with Gasteiger partial charge < -0.3 is 10.0 Å². The second-order valence-electron chi connectivity index (χ2n) is 8.03. The van der Waals surface area contributed by atoms with E-state index in [1.807, 2.05) is 0 Å². The van der Waals surface area contributed by atoms with Crippen LogP contribution >= 0.6 is 0 Å². The molecule has 0 bridgehead atoms. The van der Waals surface area contributed by atoms with E-state index in [4.69, 9.17) is 0 Å². The fourth-order valence-corrected chi connectivity index (χ4v) is 3.79. The lowest BCUT2D eigenvalue weighted by molar-refractivity contribution is -0.134. The first-order valence-electron chi connectivity index (χ1n) is 9.73. The van der Waals surface area contributed by atoms with Crippen molar-refractivity contribution in [3.8, 4) is 0 Å². The number of aryl methyl sites for hydroxylation is 1. The Kier molecular flexibility index (Phi) is 5.80. The maximum absolute atomic E-state index is 12.9. The van der Waals surface area contributed by atoms with Gasteiger partial charge in [-0.2, -0.15) is 0 Å². The number of rotatable bonds is 7. The number of piperidine rings is 1. The van der Waals surface area contributed by atoms with Crippen LogP contribution in [0.15, 0.2) is 24.3 Å². The minimum absolute atomic E-state index is 0.0810. The predicted octanol–water partition coefficient (Wildman–Crippen LogP) is 2.97. The van der Waals surface area contributed by atoms with Gasteiger partial charge in [-0.3, -0.25) is 9.69 Å². The summed E-state index contributed by atoms with van der Waals surface area (Å²) in [4.78, 5) is 17.3. The van der Waals surface area contributed by atoms with Crippen LogP contribution < -0.4 is 0 Å². The van der Waals surface area contributed by atoms with Crippen molar-refractivity contribution < 1.29 is 9.90 Å². The van der Waals surface area contributed by atoms with E-state index in [9.17, 15) is 9.90 Å². The number of amides is 1. The molecule has 0 radical (unpaired) electrons. The molecular weight excluding hydrogens is 312 g/mol. The third kappa shape index (κ3) is 4.62. The molecule has 1 aliphatic carbocycles. The topological polar surface area (TPSA) is 43.8 Å². The van der Waals surface area contributed by atoms with Gasteiger partial charge in [0, 0.05) is 19.2 Å². The van der Waals surface area contributed by atoms with Gasteiger partial charge in [-0.15, -0.1) is 0 Å². The van der Waals surface area contributed by atoms with Crippen molar-refractivity contribution in [2.75, 3.05) is 26.2 Å². The quantitative estimate of drug-likeness (QED) is 0.827. The third-order valence-electron chi connectivity index (χ3n) is 6.14. The highest BCUT2D eigenvalue weighted by Crippen LogP contribution is 2.34. The zero-order valence-electron chi connectivity index (χ0n) is 15.7. The van der Waals surface area contributed by atoms with Crippen molar-refractivity contribution in [1.29, 1.82) is 0 Å². The Labute approximate surface area is 151 Å². The molecule has 1 heterocycles. The molecule has 2 fully saturated rings. The van der Waals surface area contributed by atoms with Gasteiger partial charge in [-0.05, 0) is 63.1 Å². The molecule has 1 aromatic rings. The Hall–Kier alpha value is -1.39. The van der Waals surface area contributed by atoms with Gasteiger partial charge in [0.25, 0.3) is 0 Å². The van der Waals surface area contributed by atoms with Crippen molar-refractivity contribution >= 4 is 5.91 Å². The molecule has 25 heavy (non-hydrogen) atoms. The van der Waals surface area contributed by atoms with Gasteiger partial charge in [-0.25, -0.2) is 0 Å². The Balaban J connectivity index is 1.56. The van der Waals surface area contributed by atoms with Gasteiger partial charge in [0.2, 0.25) is 5.91 Å². The van der Waals surface area contributed by atoms with E-state index in [-0.39, 0.29) is 17.9 Å². The van der Waals surface area contributed by atoms with Crippen molar-refractivity contribution in [3.05, 3.63) is 35.4 Å². The molecule has 1 saturated carbocycles. The summed E-state index contributed by atoms with van der Waals surface area (Å²) in [5.41, 5.74) is 2.55. The summed E-state index contributed by atoms with van der Waals surface area (Å²) in [7, 11) is 0. The Morgan fingerprint density at radius 3 is 2.40 bits per heavy atom. The molecule has 4 nitrogen and oxygen atoms in total. The van der Waals surface area contributed by atoms with Gasteiger partial charge in [0.15, 0.2) is 0 Å². The number of likely N-dealkylation sites (tertiary alicyclic amines) is 1. The molecule has 2 aliphatic rings. The van der Waals surface area contributed by atoms with Crippen LogP contribution in [0.1, 0.15) is 50.2 Å². The van der Waals surface area contributed by atoms with Gasteiger partial charge in [0.05, 0.1) is 6.54 Å². The van der Waals surface area contributed by atoms with Crippen LogP contribution in [0.25, 0.3) is 0 Å². The van der Waals surface area contributed by atoms with Crippen LogP contribution in [-0.2, 0) is 11.3 Å². The van der Waals surface area contributed by atoms with Crippen LogP contribution in [0.5, 0.6) is 0 Å². The molecule has 3 rings (SSSR count). The van der Waals surface area contributed by atoms with Crippen LogP contribution in [0.3, 0.4) is 0 Å². The molecule has 0 aromatic heterocycles. The van der Waals surface area contributed by atoms with Crippen molar-refractivity contribution in [1.82, 2.24) is 9.80 Å². The largest absolute Gasteiger partial charge is 0.396 e. The molecule has 1 aliphatic heterocycles. The fraction of sp³-hybridized carbons (Fsp3) is 0.667. The molecular formula is C21H32N2O2. The third-order valence-corrected chi connectivity index (χ3v) is 6.14. The summed E-state index contributed by atoms with van der Waals surface area (Å²) >= 11 is 0. The SMILES string of the molecule is CCC1(CO)CCN(CC(=O)N(Cc2ccc(C)cc2)C2CC2)CC1. The second-order valence-corrected chi connectivity index (χ2v) is 8.03. The Bertz CT molecular complexity index is 566. The second kappa shape index (κ2) is 7.88. The first-order valence-corrected chi connectivity index (χ1v) is 9.73. The summed E-state index contributed by atoms with van der Waals surface area (Å²) in [6, 6.07) is 8.94. The predicted molar refractivity (Wildman–Crippen MR) is 100 cm³/mol. The van der Waals surface area contributed by atoms with Crippen LogP contribution in [0.4, 0.5) is 0 Å². The van der Waals surface area contributed by atoms with E-state index in [1.54, 1.807) is 0 Å². The first kappa shape index (κ1) is 18.4. The Morgan fingerprint density at radius 2 is 1.88 bits per heavy atom. The zero-order valence-corrected chi connectivity index (χ0v) is 15.7.